The molecule has 0 radical (unpaired) electrons. The zero-order valence-electron chi connectivity index (χ0n) is 28.6. The molecule has 13 heteroatoms. The summed E-state index contributed by atoms with van der Waals surface area (Å²) in [5, 5.41) is 48.5. The highest BCUT2D eigenvalue weighted by Crippen LogP contribution is 2.53. The zero-order chi connectivity index (χ0) is 36.6. The van der Waals surface area contributed by atoms with Gasteiger partial charge in [-0.05, 0) is 80.0 Å². The molecule has 51 heavy (non-hydrogen) atoms. The number of carbonyl (C=O) groups is 1. The normalized spacial score (nSPS) is 17.8. The van der Waals surface area contributed by atoms with Gasteiger partial charge in [0.25, 0.3) is 0 Å². The molecule has 2 aliphatic carbocycles. The van der Waals surface area contributed by atoms with Crippen molar-refractivity contribution >= 4 is 27.2 Å². The molecule has 2 saturated carbocycles. The van der Waals surface area contributed by atoms with Crippen LogP contribution in [-0.4, -0.2) is 88.1 Å². The predicted octanol–water partition coefficient (Wildman–Crippen LogP) is 4.52. The summed E-state index contributed by atoms with van der Waals surface area (Å²) in [7, 11) is -3.61. The number of benzene rings is 2. The fourth-order valence-electron chi connectivity index (χ4n) is 6.21. The maximum Gasteiger partial charge on any atom is 0.178 e. The van der Waals surface area contributed by atoms with Gasteiger partial charge in [0.15, 0.2) is 9.84 Å². The second-order valence-electron chi connectivity index (χ2n) is 13.7. The average Bonchev–Trinajstić information content (AvgIpc) is 4.08. The minimum Gasteiger partial charge on any atom is -0.490 e. The lowest BCUT2D eigenvalue weighted by molar-refractivity contribution is -0.127. The molecule has 278 valence electrons. The van der Waals surface area contributed by atoms with Gasteiger partial charge in [-0.2, -0.15) is 0 Å². The van der Waals surface area contributed by atoms with E-state index in [2.05, 4.69) is 4.98 Å². The molecule has 0 spiro atoms. The lowest BCUT2D eigenvalue weighted by Crippen LogP contribution is -2.45. The van der Waals surface area contributed by atoms with Crippen LogP contribution in [0.5, 0.6) is 5.75 Å². The second kappa shape index (κ2) is 17.7. The third-order valence-electron chi connectivity index (χ3n) is 9.65. The number of unbranched alkanes of at least 4 members (excludes halogenated alkanes) is 3. The first-order chi connectivity index (χ1) is 24.5. The third kappa shape index (κ3) is 10.4. The molecule has 2 aliphatic rings. The standard InChI is InChI=1S/C38H48ClNO10S/c39-33-13-12-29(51(47,48)18-6-2-1-3-7-27(43)19-25(22-41)36(45)37(46)34(44)23-42)20-26(33)24-49-38(15-16-38)32-21-40-17-14-30(32)31-8-4-5-9-35(31)50-28-10-11-28/h4-5,8-9,12-14,17,20-21,25,28,34,36-37,41-42,44-46H,1-3,6-7,10-11,15-16,18-19,22-24H2/t25-,34+,36+,37+/m0/s1. The fourth-order valence-corrected chi connectivity index (χ4v) is 7.80. The van der Waals surface area contributed by atoms with Gasteiger partial charge in [0.05, 0.1) is 41.7 Å². The van der Waals surface area contributed by atoms with E-state index in [0.717, 1.165) is 48.1 Å². The first-order valence-electron chi connectivity index (χ1n) is 17.6. The zero-order valence-corrected chi connectivity index (χ0v) is 30.1. The van der Waals surface area contributed by atoms with Crippen LogP contribution in [0.4, 0.5) is 0 Å². The Balaban J connectivity index is 1.12. The molecule has 0 amide bonds. The molecule has 1 aromatic heterocycles. The molecule has 2 fully saturated rings. The number of aromatic nitrogens is 1. The minimum absolute atomic E-state index is 0.0714. The molecule has 4 atom stereocenters. The molecular weight excluding hydrogens is 698 g/mol. The number of carbonyl (C=O) groups excluding carboxylic acids is 1. The Morgan fingerprint density at radius 3 is 2.39 bits per heavy atom. The highest BCUT2D eigenvalue weighted by atomic mass is 35.5. The van der Waals surface area contributed by atoms with Crippen LogP contribution in [0.15, 0.2) is 65.8 Å². The molecule has 5 rings (SSSR count). The maximum absolute atomic E-state index is 13.3. The van der Waals surface area contributed by atoms with Gasteiger partial charge in [-0.3, -0.25) is 9.78 Å². The van der Waals surface area contributed by atoms with Crippen molar-refractivity contribution in [3.05, 3.63) is 77.1 Å². The van der Waals surface area contributed by atoms with E-state index in [9.17, 15) is 33.6 Å². The first kappa shape index (κ1) is 39.3. The number of para-hydroxylation sites is 1. The minimum atomic E-state index is -3.61. The van der Waals surface area contributed by atoms with Crippen LogP contribution in [0.25, 0.3) is 11.1 Å². The van der Waals surface area contributed by atoms with Gasteiger partial charge in [0.1, 0.15) is 23.7 Å². The van der Waals surface area contributed by atoms with Crippen LogP contribution in [0, 0.1) is 5.92 Å². The van der Waals surface area contributed by atoms with Gasteiger partial charge < -0.3 is 35.0 Å². The third-order valence-corrected chi connectivity index (χ3v) is 11.8. The first-order valence-corrected chi connectivity index (χ1v) is 19.6. The number of ketones is 1. The molecule has 11 nitrogen and oxygen atoms in total. The van der Waals surface area contributed by atoms with E-state index < -0.39 is 52.9 Å². The Hall–Kier alpha value is -2.94. The summed E-state index contributed by atoms with van der Waals surface area (Å²) >= 11 is 6.53. The topological polar surface area (TPSA) is 184 Å². The van der Waals surface area contributed by atoms with Gasteiger partial charge in [0.2, 0.25) is 0 Å². The summed E-state index contributed by atoms with van der Waals surface area (Å²) in [4.78, 5) is 17.0. The number of nitrogens with zero attached hydrogens (tertiary/aromatic N) is 1. The maximum atomic E-state index is 13.3. The quantitative estimate of drug-likeness (QED) is 0.0912. The molecular formula is C38H48ClNO10S. The van der Waals surface area contributed by atoms with Crippen molar-refractivity contribution in [1.82, 2.24) is 4.98 Å². The smallest absolute Gasteiger partial charge is 0.178 e. The summed E-state index contributed by atoms with van der Waals surface area (Å²) in [6, 6.07) is 14.6. The molecule has 2 aromatic carbocycles. The number of hydrogen-bond donors (Lipinski definition) is 5. The highest BCUT2D eigenvalue weighted by molar-refractivity contribution is 7.91. The molecule has 1 heterocycles. The summed E-state index contributed by atoms with van der Waals surface area (Å²) in [6.45, 7) is -1.22. The molecule has 0 bridgehead atoms. The van der Waals surface area contributed by atoms with Crippen LogP contribution in [0.3, 0.4) is 0 Å². The number of pyridine rings is 1. The molecule has 0 aliphatic heterocycles. The monoisotopic (exact) mass is 745 g/mol. The Kier molecular flexibility index (Phi) is 13.6. The number of rotatable bonds is 22. The van der Waals surface area contributed by atoms with Gasteiger partial charge in [-0.15, -0.1) is 0 Å². The second-order valence-corrected chi connectivity index (χ2v) is 16.2. The van der Waals surface area contributed by atoms with Crippen LogP contribution < -0.4 is 4.74 Å². The lowest BCUT2D eigenvalue weighted by Gasteiger charge is -2.27. The molecule has 0 saturated heterocycles. The van der Waals surface area contributed by atoms with Crippen molar-refractivity contribution in [3.8, 4) is 16.9 Å². The van der Waals surface area contributed by atoms with Crippen LogP contribution in [0.2, 0.25) is 5.02 Å². The number of ether oxygens (including phenoxy) is 2. The Morgan fingerprint density at radius 2 is 1.69 bits per heavy atom. The van der Waals surface area contributed by atoms with Crippen molar-refractivity contribution in [3.63, 3.8) is 0 Å². The summed E-state index contributed by atoms with van der Waals surface area (Å²) in [6.07, 6.45) is 4.73. The van der Waals surface area contributed by atoms with E-state index in [4.69, 9.17) is 26.2 Å². The fraction of sp³-hybridized carbons (Fsp3) is 0.526. The van der Waals surface area contributed by atoms with Crippen molar-refractivity contribution < 1.29 is 48.2 Å². The lowest BCUT2D eigenvalue weighted by atomic mass is 9.90. The number of aliphatic hydroxyl groups is 5. The van der Waals surface area contributed by atoms with E-state index in [1.54, 1.807) is 18.3 Å². The number of aliphatic hydroxyl groups excluding tert-OH is 5. The van der Waals surface area contributed by atoms with Crippen molar-refractivity contribution in [2.45, 2.75) is 106 Å². The van der Waals surface area contributed by atoms with E-state index in [1.807, 2.05) is 36.5 Å². The SMILES string of the molecule is O=C(CCCCCCS(=O)(=O)c1ccc(Cl)c(COC2(c3cnccc3-c3ccccc3OC3CC3)CC2)c1)C[C@@H](CO)[C@@H](O)[C@H](O)[C@H](O)CO. The molecule has 5 N–H and O–H groups in total. The Morgan fingerprint density at radius 1 is 0.941 bits per heavy atom. The predicted molar refractivity (Wildman–Crippen MR) is 191 cm³/mol. The van der Waals surface area contributed by atoms with Crippen LogP contribution in [-0.2, 0) is 31.6 Å². The van der Waals surface area contributed by atoms with Crippen molar-refractivity contribution in [2.75, 3.05) is 19.0 Å². The van der Waals surface area contributed by atoms with Gasteiger partial charge in [-0.1, -0.05) is 42.6 Å². The average molecular weight is 746 g/mol. The van der Waals surface area contributed by atoms with Gasteiger partial charge in [0, 0.05) is 53.9 Å². The highest BCUT2D eigenvalue weighted by Gasteiger charge is 2.48. The van der Waals surface area contributed by atoms with Crippen LogP contribution in [0.1, 0.15) is 75.3 Å². The summed E-state index contributed by atoms with van der Waals surface area (Å²) in [5.41, 5.74) is 2.94. The molecule has 3 aromatic rings. The number of halogens is 1. The van der Waals surface area contributed by atoms with E-state index in [1.165, 1.54) is 6.07 Å². The van der Waals surface area contributed by atoms with Gasteiger partial charge >= 0.3 is 0 Å². The van der Waals surface area contributed by atoms with E-state index in [-0.39, 0.29) is 42.0 Å². The van der Waals surface area contributed by atoms with Crippen LogP contribution >= 0.6 is 11.6 Å². The molecule has 0 unspecified atom stereocenters. The number of sulfone groups is 1. The van der Waals surface area contributed by atoms with Crippen molar-refractivity contribution in [2.24, 2.45) is 5.92 Å². The van der Waals surface area contributed by atoms with Gasteiger partial charge in [-0.25, -0.2) is 8.42 Å². The Bertz CT molecular complexity index is 1730. The summed E-state index contributed by atoms with van der Waals surface area (Å²) < 4.78 is 39.3. The number of hydrogen-bond acceptors (Lipinski definition) is 11. The largest absolute Gasteiger partial charge is 0.490 e. The van der Waals surface area contributed by atoms with Crippen molar-refractivity contribution in [1.29, 1.82) is 0 Å². The summed E-state index contributed by atoms with van der Waals surface area (Å²) in [5.74, 6) is -0.453. The van der Waals surface area contributed by atoms with E-state index >= 15 is 0 Å². The Labute approximate surface area is 304 Å². The van der Waals surface area contributed by atoms with E-state index in [0.29, 0.717) is 36.3 Å². The number of Topliss-reactive ketones (excluding diaryl/α,β-unsaturated/α-hetero) is 1.